The quantitative estimate of drug-likeness (QED) is 0.667. The molecule has 9 heteroatoms. The number of hydrogen-bond acceptors (Lipinski definition) is 4. The standard InChI is InChI=1S/C12H13F3N2O4/c1-7(2)16(6-12(13,14)15)9-4-3-8(11(18)19)5-10(9)17(20)21/h3-5,7H,6H2,1-2H3,(H,18,19). The van der Waals surface area contributed by atoms with Crippen molar-refractivity contribution in [2.75, 3.05) is 11.4 Å². The molecule has 0 saturated heterocycles. The summed E-state index contributed by atoms with van der Waals surface area (Å²) in [6, 6.07) is 2.16. The number of carbonyl (C=O) groups is 1. The first-order valence-corrected chi connectivity index (χ1v) is 5.88. The molecular formula is C12H13F3N2O4. The number of nitro benzene ring substituents is 1. The molecule has 1 aromatic carbocycles. The second-order valence-electron chi connectivity index (χ2n) is 4.60. The topological polar surface area (TPSA) is 83.7 Å². The van der Waals surface area contributed by atoms with Crippen molar-refractivity contribution in [2.45, 2.75) is 26.1 Å². The molecule has 0 radical (unpaired) electrons. The van der Waals surface area contributed by atoms with Crippen LogP contribution >= 0.6 is 0 Å². The summed E-state index contributed by atoms with van der Waals surface area (Å²) in [5.74, 6) is -1.39. The first-order chi connectivity index (χ1) is 9.53. The third-order valence-corrected chi connectivity index (χ3v) is 2.70. The number of anilines is 1. The Bertz CT molecular complexity index is 558. The highest BCUT2D eigenvalue weighted by Crippen LogP contribution is 2.33. The lowest BCUT2D eigenvalue weighted by Crippen LogP contribution is -2.39. The zero-order chi connectivity index (χ0) is 16.4. The molecule has 0 saturated carbocycles. The second kappa shape index (κ2) is 5.98. The van der Waals surface area contributed by atoms with Gasteiger partial charge in [-0.3, -0.25) is 10.1 Å². The lowest BCUT2D eigenvalue weighted by molar-refractivity contribution is -0.384. The molecule has 0 unspecified atom stereocenters. The highest BCUT2D eigenvalue weighted by Gasteiger charge is 2.34. The van der Waals surface area contributed by atoms with Gasteiger partial charge in [0.25, 0.3) is 5.69 Å². The van der Waals surface area contributed by atoms with Gasteiger partial charge in [-0.1, -0.05) is 0 Å². The van der Waals surface area contributed by atoms with Gasteiger partial charge in [0.2, 0.25) is 0 Å². The number of halogens is 3. The van der Waals surface area contributed by atoms with Crippen molar-refractivity contribution < 1.29 is 28.0 Å². The van der Waals surface area contributed by atoms with Crippen LogP contribution in [0.4, 0.5) is 24.5 Å². The van der Waals surface area contributed by atoms with E-state index in [1.54, 1.807) is 0 Å². The number of nitro groups is 1. The van der Waals surface area contributed by atoms with Crippen LogP contribution in [0.5, 0.6) is 0 Å². The van der Waals surface area contributed by atoms with Crippen molar-refractivity contribution in [3.63, 3.8) is 0 Å². The van der Waals surface area contributed by atoms with Crippen molar-refractivity contribution in [3.8, 4) is 0 Å². The van der Waals surface area contributed by atoms with Crippen molar-refractivity contribution in [2.24, 2.45) is 0 Å². The fraction of sp³-hybridized carbons (Fsp3) is 0.417. The van der Waals surface area contributed by atoms with Gasteiger partial charge < -0.3 is 10.0 Å². The predicted molar refractivity (Wildman–Crippen MR) is 68.6 cm³/mol. The van der Waals surface area contributed by atoms with Crippen molar-refractivity contribution in [1.82, 2.24) is 0 Å². The maximum Gasteiger partial charge on any atom is 0.405 e. The number of nitrogens with zero attached hydrogens (tertiary/aromatic N) is 2. The fourth-order valence-corrected chi connectivity index (χ4v) is 1.78. The Morgan fingerprint density at radius 1 is 1.43 bits per heavy atom. The normalized spacial score (nSPS) is 11.5. The van der Waals surface area contributed by atoms with E-state index in [-0.39, 0.29) is 11.3 Å². The molecule has 21 heavy (non-hydrogen) atoms. The van der Waals surface area contributed by atoms with E-state index < -0.39 is 35.3 Å². The Hall–Kier alpha value is -2.32. The summed E-state index contributed by atoms with van der Waals surface area (Å²) in [5.41, 5.74) is -1.30. The van der Waals surface area contributed by atoms with E-state index >= 15 is 0 Å². The predicted octanol–water partition coefficient (Wildman–Crippen LogP) is 3.07. The van der Waals surface area contributed by atoms with E-state index in [1.807, 2.05) is 0 Å². The number of alkyl halides is 3. The van der Waals surface area contributed by atoms with Crippen LogP contribution < -0.4 is 4.90 Å². The van der Waals surface area contributed by atoms with Crippen LogP contribution in [-0.2, 0) is 0 Å². The minimum atomic E-state index is -4.54. The van der Waals surface area contributed by atoms with E-state index in [2.05, 4.69) is 0 Å². The molecule has 116 valence electrons. The van der Waals surface area contributed by atoms with Gasteiger partial charge in [0, 0.05) is 12.1 Å². The van der Waals surface area contributed by atoms with Crippen LogP contribution in [0.1, 0.15) is 24.2 Å². The first-order valence-electron chi connectivity index (χ1n) is 5.88. The van der Waals surface area contributed by atoms with Crippen LogP contribution in [0, 0.1) is 10.1 Å². The second-order valence-corrected chi connectivity index (χ2v) is 4.60. The van der Waals surface area contributed by atoms with E-state index in [0.717, 1.165) is 23.1 Å². The summed E-state index contributed by atoms with van der Waals surface area (Å²) in [6.45, 7) is 1.55. The molecule has 0 amide bonds. The van der Waals surface area contributed by atoms with Gasteiger partial charge in [-0.25, -0.2) is 4.79 Å². The summed E-state index contributed by atoms with van der Waals surface area (Å²) in [6.07, 6.45) is -4.54. The van der Waals surface area contributed by atoms with Crippen LogP contribution in [0.15, 0.2) is 18.2 Å². The fourth-order valence-electron chi connectivity index (χ4n) is 1.78. The Morgan fingerprint density at radius 3 is 2.38 bits per heavy atom. The molecule has 0 heterocycles. The van der Waals surface area contributed by atoms with Crippen molar-refractivity contribution >= 4 is 17.3 Å². The van der Waals surface area contributed by atoms with Crippen molar-refractivity contribution in [3.05, 3.63) is 33.9 Å². The molecule has 0 bridgehead atoms. The van der Waals surface area contributed by atoms with E-state index in [0.29, 0.717) is 0 Å². The molecule has 6 nitrogen and oxygen atoms in total. The number of aromatic carboxylic acids is 1. The summed E-state index contributed by atoms with van der Waals surface area (Å²) < 4.78 is 37.8. The molecular weight excluding hydrogens is 293 g/mol. The van der Waals surface area contributed by atoms with Gasteiger partial charge in [0.05, 0.1) is 10.5 Å². The molecule has 0 spiro atoms. The molecule has 1 rings (SSSR count). The molecule has 1 N–H and O–H groups in total. The summed E-state index contributed by atoms with van der Waals surface area (Å²) >= 11 is 0. The number of benzene rings is 1. The Labute approximate surface area is 117 Å². The van der Waals surface area contributed by atoms with Gasteiger partial charge in [-0.15, -0.1) is 0 Å². The third kappa shape index (κ3) is 4.33. The smallest absolute Gasteiger partial charge is 0.405 e. The average molecular weight is 306 g/mol. The SMILES string of the molecule is CC(C)N(CC(F)(F)F)c1ccc(C(=O)O)cc1[N+](=O)[O-]. The minimum Gasteiger partial charge on any atom is -0.478 e. The number of rotatable bonds is 5. The zero-order valence-electron chi connectivity index (χ0n) is 11.2. The van der Waals surface area contributed by atoms with Gasteiger partial charge in [-0.2, -0.15) is 13.2 Å². The van der Waals surface area contributed by atoms with Gasteiger partial charge in [-0.05, 0) is 26.0 Å². The van der Waals surface area contributed by atoms with Crippen LogP contribution in [0.25, 0.3) is 0 Å². The maximum atomic E-state index is 12.6. The first kappa shape index (κ1) is 16.7. The lowest BCUT2D eigenvalue weighted by Gasteiger charge is -2.29. The molecule has 0 aromatic heterocycles. The number of carboxylic acid groups (broad SMARTS) is 1. The lowest BCUT2D eigenvalue weighted by atomic mass is 10.1. The maximum absolute atomic E-state index is 12.6. The van der Waals surface area contributed by atoms with Gasteiger partial charge in [0.1, 0.15) is 12.2 Å². The van der Waals surface area contributed by atoms with Crippen LogP contribution in [-0.4, -0.2) is 34.8 Å². The molecule has 1 aromatic rings. The molecule has 0 aliphatic carbocycles. The Balaban J connectivity index is 3.37. The highest BCUT2D eigenvalue weighted by molar-refractivity contribution is 5.89. The third-order valence-electron chi connectivity index (χ3n) is 2.70. The number of carboxylic acids is 1. The number of hydrogen-bond donors (Lipinski definition) is 1. The van der Waals surface area contributed by atoms with E-state index in [4.69, 9.17) is 5.11 Å². The molecule has 0 aliphatic heterocycles. The van der Waals surface area contributed by atoms with Gasteiger partial charge in [0.15, 0.2) is 0 Å². The largest absolute Gasteiger partial charge is 0.478 e. The van der Waals surface area contributed by atoms with Crippen LogP contribution in [0.3, 0.4) is 0 Å². The summed E-state index contributed by atoms with van der Waals surface area (Å²) in [7, 11) is 0. The Morgan fingerprint density at radius 2 is 2.00 bits per heavy atom. The van der Waals surface area contributed by atoms with E-state index in [9.17, 15) is 28.1 Å². The average Bonchev–Trinajstić information content (AvgIpc) is 2.33. The van der Waals surface area contributed by atoms with Gasteiger partial charge >= 0.3 is 12.1 Å². The molecule has 0 fully saturated rings. The zero-order valence-corrected chi connectivity index (χ0v) is 11.2. The van der Waals surface area contributed by atoms with E-state index in [1.165, 1.54) is 13.8 Å². The van der Waals surface area contributed by atoms with Crippen LogP contribution in [0.2, 0.25) is 0 Å². The highest BCUT2D eigenvalue weighted by atomic mass is 19.4. The monoisotopic (exact) mass is 306 g/mol. The summed E-state index contributed by atoms with van der Waals surface area (Å²) in [5, 5.41) is 19.8. The summed E-state index contributed by atoms with van der Waals surface area (Å²) in [4.78, 5) is 21.7. The molecule has 0 atom stereocenters. The minimum absolute atomic E-state index is 0.266. The molecule has 0 aliphatic rings. The van der Waals surface area contributed by atoms with Crippen molar-refractivity contribution in [1.29, 1.82) is 0 Å². The Kier molecular flexibility index (Phi) is 4.77.